The van der Waals surface area contributed by atoms with Crippen molar-refractivity contribution in [3.05, 3.63) is 121 Å². The van der Waals surface area contributed by atoms with Gasteiger partial charge >= 0.3 is 0 Å². The molecule has 0 saturated carbocycles. The number of aromatic nitrogens is 4. The van der Waals surface area contributed by atoms with Gasteiger partial charge in [-0.3, -0.25) is 9.97 Å². The second-order valence-electron chi connectivity index (χ2n) is 8.96. The molecule has 0 radical (unpaired) electrons. The Kier molecular flexibility index (Phi) is 5.55. The molecular formula is C32H24N4. The fourth-order valence-electron chi connectivity index (χ4n) is 4.50. The molecule has 3 heterocycles. The number of nitrogens with zero attached hydrogens (tertiary/aromatic N) is 4. The Morgan fingerprint density at radius 3 is 1.17 bits per heavy atom. The van der Waals surface area contributed by atoms with Crippen LogP contribution in [0.4, 0.5) is 0 Å². The number of rotatable bonds is 4. The second kappa shape index (κ2) is 9.16. The minimum Gasteiger partial charge on any atom is -0.264 e. The van der Waals surface area contributed by atoms with Crippen LogP contribution in [-0.4, -0.2) is 19.9 Å². The lowest BCUT2D eigenvalue weighted by Crippen LogP contribution is -1.98. The molecule has 3 aromatic heterocycles. The van der Waals surface area contributed by atoms with Gasteiger partial charge in [0.15, 0.2) is 0 Å². The molecule has 0 aliphatic rings. The first-order valence-corrected chi connectivity index (χ1v) is 12.0. The Balaban J connectivity index is 1.50. The van der Waals surface area contributed by atoms with Gasteiger partial charge in [-0.25, -0.2) is 9.97 Å². The van der Waals surface area contributed by atoms with E-state index in [0.717, 1.165) is 66.9 Å². The molecule has 0 unspecified atom stereocenters. The maximum atomic E-state index is 5.18. The topological polar surface area (TPSA) is 51.6 Å². The number of aryl methyl sites for hydroxylation is 2. The van der Waals surface area contributed by atoms with Gasteiger partial charge in [0.1, 0.15) is 0 Å². The van der Waals surface area contributed by atoms with E-state index in [-0.39, 0.29) is 0 Å². The van der Waals surface area contributed by atoms with Crippen molar-refractivity contribution >= 4 is 11.0 Å². The van der Waals surface area contributed by atoms with Crippen molar-refractivity contribution in [3.8, 4) is 44.8 Å². The molecule has 0 aliphatic heterocycles. The van der Waals surface area contributed by atoms with E-state index in [4.69, 9.17) is 9.97 Å². The number of fused-ring (bicyclic) bond motifs is 1. The van der Waals surface area contributed by atoms with Crippen LogP contribution in [0.15, 0.2) is 110 Å². The highest BCUT2D eigenvalue weighted by molar-refractivity contribution is 5.90. The third-order valence-corrected chi connectivity index (χ3v) is 6.53. The normalized spacial score (nSPS) is 11.1. The van der Waals surface area contributed by atoms with Crippen LogP contribution in [-0.2, 0) is 0 Å². The highest BCUT2D eigenvalue weighted by atomic mass is 14.8. The van der Waals surface area contributed by atoms with Gasteiger partial charge in [-0.2, -0.15) is 0 Å². The van der Waals surface area contributed by atoms with Crippen LogP contribution in [0.1, 0.15) is 11.1 Å². The molecule has 0 atom stereocenters. The van der Waals surface area contributed by atoms with Crippen molar-refractivity contribution in [2.24, 2.45) is 0 Å². The Labute approximate surface area is 210 Å². The summed E-state index contributed by atoms with van der Waals surface area (Å²) in [5.74, 6) is 0. The number of pyridine rings is 2. The molecule has 6 rings (SSSR count). The van der Waals surface area contributed by atoms with E-state index in [0.29, 0.717) is 0 Å². The van der Waals surface area contributed by atoms with E-state index in [2.05, 4.69) is 96.6 Å². The molecule has 4 nitrogen and oxygen atoms in total. The summed E-state index contributed by atoms with van der Waals surface area (Å²) in [5.41, 5.74) is 12.4. The molecule has 172 valence electrons. The molecule has 0 spiro atoms. The van der Waals surface area contributed by atoms with Gasteiger partial charge in [0.25, 0.3) is 0 Å². The summed E-state index contributed by atoms with van der Waals surface area (Å²) in [6.45, 7) is 4.18. The summed E-state index contributed by atoms with van der Waals surface area (Å²) in [4.78, 5) is 18.9. The maximum absolute atomic E-state index is 5.18. The van der Waals surface area contributed by atoms with Crippen LogP contribution >= 0.6 is 0 Å². The third-order valence-electron chi connectivity index (χ3n) is 6.53. The van der Waals surface area contributed by atoms with Crippen LogP contribution in [0.3, 0.4) is 0 Å². The minimum atomic E-state index is 0.878. The minimum absolute atomic E-state index is 0.878. The summed E-state index contributed by atoms with van der Waals surface area (Å²) in [6, 6.07) is 29.3. The molecule has 6 aromatic rings. The van der Waals surface area contributed by atoms with Gasteiger partial charge < -0.3 is 0 Å². The lowest BCUT2D eigenvalue weighted by atomic mass is 9.98. The highest BCUT2D eigenvalue weighted by Crippen LogP contribution is 2.34. The SMILES string of the molecule is Cc1ccc(C)c2nc(-c3ccc(-c4cccnc4)cc3)c(-c3ccc(-c4cccnc4)cc3)nc12. The predicted octanol–water partition coefficient (Wildman–Crippen LogP) is 7.70. The summed E-state index contributed by atoms with van der Waals surface area (Å²) in [7, 11) is 0. The number of benzene rings is 3. The van der Waals surface area contributed by atoms with Gasteiger partial charge in [-0.1, -0.05) is 72.8 Å². The fourth-order valence-corrected chi connectivity index (χ4v) is 4.50. The maximum Gasteiger partial charge on any atom is 0.0973 e. The van der Waals surface area contributed by atoms with Crippen molar-refractivity contribution < 1.29 is 0 Å². The largest absolute Gasteiger partial charge is 0.264 e. The van der Waals surface area contributed by atoms with E-state index >= 15 is 0 Å². The van der Waals surface area contributed by atoms with Crippen molar-refractivity contribution in [2.45, 2.75) is 13.8 Å². The van der Waals surface area contributed by atoms with Crippen LogP contribution in [0, 0.1) is 13.8 Å². The van der Waals surface area contributed by atoms with Gasteiger partial charge in [-0.05, 0) is 59.4 Å². The van der Waals surface area contributed by atoms with Crippen LogP contribution in [0.5, 0.6) is 0 Å². The van der Waals surface area contributed by atoms with E-state index in [9.17, 15) is 0 Å². The smallest absolute Gasteiger partial charge is 0.0973 e. The summed E-state index contributed by atoms with van der Waals surface area (Å²) < 4.78 is 0. The summed E-state index contributed by atoms with van der Waals surface area (Å²) in [6.07, 6.45) is 7.34. The van der Waals surface area contributed by atoms with E-state index in [1.807, 2.05) is 24.5 Å². The standard InChI is InChI=1S/C32H24N4/c1-21-7-8-22(2)30-29(21)35-31(25-13-9-23(10-14-25)27-5-3-17-33-19-27)32(36-30)26-15-11-24(12-16-26)28-6-4-18-34-20-28/h3-20H,1-2H3. The van der Waals surface area contributed by atoms with Crippen molar-refractivity contribution in [1.82, 2.24) is 19.9 Å². The molecule has 0 bridgehead atoms. The first kappa shape index (κ1) is 21.8. The zero-order valence-corrected chi connectivity index (χ0v) is 20.2. The molecule has 0 amide bonds. The third kappa shape index (κ3) is 4.03. The monoisotopic (exact) mass is 464 g/mol. The molecule has 3 aromatic carbocycles. The average Bonchev–Trinajstić information content (AvgIpc) is 2.96. The molecule has 36 heavy (non-hydrogen) atoms. The zero-order valence-electron chi connectivity index (χ0n) is 20.2. The van der Waals surface area contributed by atoms with Crippen LogP contribution in [0.25, 0.3) is 55.8 Å². The summed E-state index contributed by atoms with van der Waals surface area (Å²) >= 11 is 0. The predicted molar refractivity (Wildman–Crippen MR) is 146 cm³/mol. The van der Waals surface area contributed by atoms with Crippen molar-refractivity contribution in [1.29, 1.82) is 0 Å². The molecule has 0 aliphatic carbocycles. The molecule has 0 saturated heterocycles. The van der Waals surface area contributed by atoms with Gasteiger partial charge in [0, 0.05) is 35.9 Å². The summed E-state index contributed by atoms with van der Waals surface area (Å²) in [5, 5.41) is 0. The van der Waals surface area contributed by atoms with Crippen molar-refractivity contribution in [3.63, 3.8) is 0 Å². The second-order valence-corrected chi connectivity index (χ2v) is 8.96. The molecular weight excluding hydrogens is 440 g/mol. The fraction of sp³-hybridized carbons (Fsp3) is 0.0625. The Bertz CT molecular complexity index is 1530. The Morgan fingerprint density at radius 2 is 0.806 bits per heavy atom. The van der Waals surface area contributed by atoms with Crippen LogP contribution in [0.2, 0.25) is 0 Å². The van der Waals surface area contributed by atoms with Crippen molar-refractivity contribution in [2.75, 3.05) is 0 Å². The first-order valence-electron chi connectivity index (χ1n) is 12.0. The molecule has 0 N–H and O–H groups in total. The Hall–Kier alpha value is -4.70. The number of hydrogen-bond donors (Lipinski definition) is 0. The quantitative estimate of drug-likeness (QED) is 0.268. The van der Waals surface area contributed by atoms with E-state index in [1.165, 1.54) is 0 Å². The zero-order chi connectivity index (χ0) is 24.5. The van der Waals surface area contributed by atoms with Crippen LogP contribution < -0.4 is 0 Å². The van der Waals surface area contributed by atoms with E-state index < -0.39 is 0 Å². The lowest BCUT2D eigenvalue weighted by Gasteiger charge is -2.14. The van der Waals surface area contributed by atoms with Gasteiger partial charge in [-0.15, -0.1) is 0 Å². The molecule has 0 fully saturated rings. The molecule has 4 heteroatoms. The van der Waals surface area contributed by atoms with Gasteiger partial charge in [0.05, 0.1) is 22.4 Å². The number of hydrogen-bond acceptors (Lipinski definition) is 4. The van der Waals surface area contributed by atoms with Gasteiger partial charge in [0.2, 0.25) is 0 Å². The average molecular weight is 465 g/mol. The lowest BCUT2D eigenvalue weighted by molar-refractivity contribution is 1.25. The van der Waals surface area contributed by atoms with E-state index in [1.54, 1.807) is 12.4 Å². The first-order chi connectivity index (χ1) is 17.7. The highest BCUT2D eigenvalue weighted by Gasteiger charge is 2.16. The Morgan fingerprint density at radius 1 is 0.417 bits per heavy atom.